The van der Waals surface area contributed by atoms with E-state index in [-0.39, 0.29) is 17.1 Å². The number of alkyl carbamates (subject to hydrolysis) is 1. The number of ether oxygens (including phenoxy) is 1. The van der Waals surface area contributed by atoms with E-state index >= 15 is 0 Å². The number of amides is 1. The predicted molar refractivity (Wildman–Crippen MR) is 143 cm³/mol. The van der Waals surface area contributed by atoms with Crippen molar-refractivity contribution in [2.75, 3.05) is 7.11 Å². The monoisotopic (exact) mass is 543 g/mol. The maximum atomic E-state index is 13.7. The third-order valence-corrected chi connectivity index (χ3v) is 8.44. The number of hydrogen-bond donors (Lipinski definition) is 1. The van der Waals surface area contributed by atoms with Crippen LogP contribution < -0.4 is 5.32 Å². The van der Waals surface area contributed by atoms with Gasteiger partial charge in [-0.3, -0.25) is 4.68 Å². The lowest BCUT2D eigenvalue weighted by Crippen LogP contribution is -2.48. The normalized spacial score (nSPS) is 18.9. The first-order valence-electron chi connectivity index (χ1n) is 12.4. The van der Waals surface area contributed by atoms with Crippen molar-refractivity contribution in [3.8, 4) is 23.3 Å². The standard InChI is InChI=1S/C28H26FN7O2S/c1-17-23(15-33-36(17)22-6-8-28(2,9-7-22)34-27(37)38-3)19-11-25(26-20(13-31)14-32-35(26)16-19)39-24-5-4-21(29)10-18(24)12-30/h4-5,10-11,14-16,22H,6-9H2,1-3H3,(H,34,37)/t22-,28+. The molecular weight excluding hydrogens is 517 g/mol. The molecule has 0 bridgehead atoms. The van der Waals surface area contributed by atoms with Gasteiger partial charge < -0.3 is 10.1 Å². The second kappa shape index (κ2) is 10.4. The fraction of sp³-hybridized carbons (Fsp3) is 0.321. The first-order valence-corrected chi connectivity index (χ1v) is 13.3. The van der Waals surface area contributed by atoms with Crippen LogP contribution in [0.15, 0.2) is 52.6 Å². The number of fused-ring (bicyclic) bond motifs is 1. The van der Waals surface area contributed by atoms with Crippen molar-refractivity contribution in [1.82, 2.24) is 24.7 Å². The summed E-state index contributed by atoms with van der Waals surface area (Å²) in [6.45, 7) is 4.06. The quantitative estimate of drug-likeness (QED) is 0.339. The number of benzene rings is 1. The molecule has 1 amide bonds. The number of methoxy groups -OCH3 is 1. The Kier molecular flexibility index (Phi) is 7.02. The zero-order valence-electron chi connectivity index (χ0n) is 21.7. The molecule has 11 heteroatoms. The van der Waals surface area contributed by atoms with Gasteiger partial charge in [-0.2, -0.15) is 20.7 Å². The van der Waals surface area contributed by atoms with E-state index in [0.29, 0.717) is 16.0 Å². The Labute approximate surface area is 229 Å². The van der Waals surface area contributed by atoms with Crippen LogP contribution in [0.5, 0.6) is 0 Å². The van der Waals surface area contributed by atoms with E-state index in [1.807, 2.05) is 43.1 Å². The van der Waals surface area contributed by atoms with Crippen molar-refractivity contribution in [2.24, 2.45) is 0 Å². The molecule has 5 rings (SSSR count). The number of carbonyl (C=O) groups is 1. The second-order valence-electron chi connectivity index (χ2n) is 9.91. The van der Waals surface area contributed by atoms with Gasteiger partial charge in [0.1, 0.15) is 18.0 Å². The van der Waals surface area contributed by atoms with Crippen LogP contribution in [0.4, 0.5) is 9.18 Å². The molecule has 0 radical (unpaired) electrons. The van der Waals surface area contributed by atoms with Crippen molar-refractivity contribution in [3.63, 3.8) is 0 Å². The summed E-state index contributed by atoms with van der Waals surface area (Å²) in [5, 5.41) is 31.3. The average Bonchev–Trinajstić information content (AvgIpc) is 3.53. The first kappa shape index (κ1) is 26.3. The molecule has 1 aromatic carbocycles. The summed E-state index contributed by atoms with van der Waals surface area (Å²) in [6, 6.07) is 10.5. The molecule has 1 N–H and O–H groups in total. The fourth-order valence-corrected chi connectivity index (χ4v) is 6.24. The average molecular weight is 544 g/mol. The molecule has 0 unspecified atom stereocenters. The van der Waals surface area contributed by atoms with Crippen LogP contribution in [0, 0.1) is 35.4 Å². The van der Waals surface area contributed by atoms with E-state index in [1.165, 1.54) is 37.2 Å². The number of nitrogens with zero attached hydrogens (tertiary/aromatic N) is 6. The molecule has 0 atom stereocenters. The Hall–Kier alpha value is -4.35. The maximum absolute atomic E-state index is 13.7. The van der Waals surface area contributed by atoms with Gasteiger partial charge in [-0.1, -0.05) is 11.8 Å². The molecular formula is C28H26FN7O2S. The SMILES string of the molecule is COC(=O)N[C@]1(C)CC[C@H](n2ncc(-c3cc(Sc4ccc(F)cc4C#N)c4c(C#N)cnn4c3)c2C)CC1. The Morgan fingerprint density at radius 3 is 2.59 bits per heavy atom. The van der Waals surface area contributed by atoms with Crippen LogP contribution in [0.1, 0.15) is 55.5 Å². The summed E-state index contributed by atoms with van der Waals surface area (Å²) >= 11 is 1.29. The topological polar surface area (TPSA) is 121 Å². The largest absolute Gasteiger partial charge is 0.453 e. The lowest BCUT2D eigenvalue weighted by Gasteiger charge is -2.37. The van der Waals surface area contributed by atoms with Crippen LogP contribution in [-0.4, -0.2) is 38.1 Å². The van der Waals surface area contributed by atoms with Crippen LogP contribution in [0.3, 0.4) is 0 Å². The van der Waals surface area contributed by atoms with Crippen molar-refractivity contribution in [2.45, 2.75) is 60.9 Å². The van der Waals surface area contributed by atoms with Gasteiger partial charge in [-0.15, -0.1) is 0 Å². The molecule has 0 spiro atoms. The highest BCUT2D eigenvalue weighted by molar-refractivity contribution is 7.99. The zero-order chi connectivity index (χ0) is 27.7. The number of aromatic nitrogens is 4. The van der Waals surface area contributed by atoms with Gasteiger partial charge >= 0.3 is 6.09 Å². The summed E-state index contributed by atoms with van der Waals surface area (Å²) in [7, 11) is 1.37. The predicted octanol–water partition coefficient (Wildman–Crippen LogP) is 5.77. The number of nitrogens with one attached hydrogen (secondary N) is 1. The smallest absolute Gasteiger partial charge is 0.407 e. The van der Waals surface area contributed by atoms with Crippen molar-refractivity contribution in [3.05, 3.63) is 65.5 Å². The molecule has 39 heavy (non-hydrogen) atoms. The van der Waals surface area contributed by atoms with Crippen molar-refractivity contribution < 1.29 is 13.9 Å². The molecule has 0 aliphatic heterocycles. The number of halogens is 1. The molecule has 1 aliphatic rings. The summed E-state index contributed by atoms with van der Waals surface area (Å²) in [5.41, 5.74) is 3.70. The minimum atomic E-state index is -0.482. The van der Waals surface area contributed by atoms with Gasteiger partial charge in [0.15, 0.2) is 0 Å². The number of pyridine rings is 1. The Morgan fingerprint density at radius 2 is 1.90 bits per heavy atom. The van der Waals surface area contributed by atoms with E-state index in [0.717, 1.165) is 47.4 Å². The number of nitriles is 2. The van der Waals surface area contributed by atoms with E-state index in [2.05, 4.69) is 16.5 Å². The van der Waals surface area contributed by atoms with Crippen LogP contribution >= 0.6 is 11.8 Å². The van der Waals surface area contributed by atoms with E-state index < -0.39 is 11.9 Å². The molecule has 1 fully saturated rings. The highest BCUT2D eigenvalue weighted by atomic mass is 32.2. The molecule has 1 saturated carbocycles. The van der Waals surface area contributed by atoms with E-state index in [9.17, 15) is 19.7 Å². The molecule has 3 aromatic heterocycles. The van der Waals surface area contributed by atoms with E-state index in [1.54, 1.807) is 10.6 Å². The van der Waals surface area contributed by atoms with Crippen LogP contribution in [0.2, 0.25) is 0 Å². The van der Waals surface area contributed by atoms with Gasteiger partial charge in [0, 0.05) is 38.3 Å². The second-order valence-corrected chi connectivity index (χ2v) is 11.0. The number of hydrogen-bond acceptors (Lipinski definition) is 7. The van der Waals surface area contributed by atoms with Gasteiger partial charge in [0.2, 0.25) is 0 Å². The lowest BCUT2D eigenvalue weighted by molar-refractivity contribution is 0.139. The van der Waals surface area contributed by atoms with E-state index in [4.69, 9.17) is 9.84 Å². The molecule has 1 aliphatic carbocycles. The fourth-order valence-electron chi connectivity index (χ4n) is 5.17. The highest BCUT2D eigenvalue weighted by Crippen LogP contribution is 2.40. The minimum Gasteiger partial charge on any atom is -0.453 e. The maximum Gasteiger partial charge on any atom is 0.407 e. The van der Waals surface area contributed by atoms with Gasteiger partial charge in [-0.25, -0.2) is 13.7 Å². The Balaban J connectivity index is 1.48. The Bertz CT molecular complexity index is 1650. The highest BCUT2D eigenvalue weighted by Gasteiger charge is 2.34. The number of rotatable bonds is 5. The summed E-state index contributed by atoms with van der Waals surface area (Å²) in [4.78, 5) is 13.1. The van der Waals surface area contributed by atoms with Gasteiger partial charge in [-0.05, 0) is 63.8 Å². The van der Waals surface area contributed by atoms with Crippen molar-refractivity contribution >= 4 is 23.4 Å². The lowest BCUT2D eigenvalue weighted by atomic mass is 9.81. The molecule has 4 aromatic rings. The molecule has 9 nitrogen and oxygen atoms in total. The summed E-state index contributed by atoms with van der Waals surface area (Å²) in [5.74, 6) is -0.482. The van der Waals surface area contributed by atoms with Crippen molar-refractivity contribution in [1.29, 1.82) is 10.5 Å². The number of carbonyl (C=O) groups excluding carboxylic acids is 1. The summed E-state index contributed by atoms with van der Waals surface area (Å²) in [6.07, 6.45) is 8.11. The van der Waals surface area contributed by atoms with Gasteiger partial charge in [0.25, 0.3) is 0 Å². The molecule has 0 saturated heterocycles. The summed E-state index contributed by atoms with van der Waals surface area (Å²) < 4.78 is 22.2. The first-order chi connectivity index (χ1) is 18.7. The molecule has 3 heterocycles. The minimum absolute atomic E-state index is 0.191. The zero-order valence-corrected chi connectivity index (χ0v) is 22.5. The molecule has 198 valence electrons. The van der Waals surface area contributed by atoms with Crippen LogP contribution in [-0.2, 0) is 4.74 Å². The Morgan fingerprint density at radius 1 is 1.15 bits per heavy atom. The van der Waals surface area contributed by atoms with Crippen LogP contribution in [0.25, 0.3) is 16.6 Å². The van der Waals surface area contributed by atoms with Gasteiger partial charge in [0.05, 0.1) is 42.2 Å². The third kappa shape index (κ3) is 5.06. The third-order valence-electron chi connectivity index (χ3n) is 7.33.